The maximum atomic E-state index is 6.69. The van der Waals surface area contributed by atoms with Gasteiger partial charge in [0.25, 0.3) is 0 Å². The third kappa shape index (κ3) is 2.34. The van der Waals surface area contributed by atoms with Crippen molar-refractivity contribution in [3.8, 4) is 0 Å². The molecule has 56 valence electrons. The van der Waals surface area contributed by atoms with Gasteiger partial charge >= 0.3 is 0 Å². The number of piperidine rings is 1. The van der Waals surface area contributed by atoms with Gasteiger partial charge in [0.1, 0.15) is 0 Å². The minimum Gasteiger partial charge on any atom is -0.299 e. The Morgan fingerprint density at radius 1 is 1.30 bits per heavy atom. The molecule has 1 rings (SSSR count). The summed E-state index contributed by atoms with van der Waals surface area (Å²) < 4.78 is 0. The molecule has 0 unspecified atom stereocenters. The van der Waals surface area contributed by atoms with Crippen molar-refractivity contribution in [3.05, 3.63) is 6.08 Å². The van der Waals surface area contributed by atoms with Gasteiger partial charge in [0, 0.05) is 6.54 Å². The van der Waals surface area contributed by atoms with Gasteiger partial charge in [-0.1, -0.05) is 6.42 Å². The van der Waals surface area contributed by atoms with Crippen molar-refractivity contribution in [2.24, 2.45) is 0 Å². The van der Waals surface area contributed by atoms with E-state index in [1.165, 1.54) is 32.4 Å². The summed E-state index contributed by atoms with van der Waals surface area (Å²) in [4.78, 5) is 2.37. The minimum atomic E-state index is 0.920. The lowest BCUT2D eigenvalue weighted by Gasteiger charge is -2.24. The number of nitrogens with zero attached hydrogens (tertiary/aromatic N) is 1. The Bertz CT molecular complexity index is 130. The van der Waals surface area contributed by atoms with Crippen molar-refractivity contribution in [2.45, 2.75) is 19.3 Å². The Morgan fingerprint density at radius 3 is 2.60 bits per heavy atom. The summed E-state index contributed by atoms with van der Waals surface area (Å²) >= 11 is 0. The largest absolute Gasteiger partial charge is 0.299 e. The van der Waals surface area contributed by atoms with E-state index < -0.39 is 0 Å². The molecular weight excluding hydrogens is 124 g/mol. The molecule has 0 radical (unpaired) electrons. The van der Waals surface area contributed by atoms with Crippen LogP contribution in [0.3, 0.4) is 0 Å². The van der Waals surface area contributed by atoms with Gasteiger partial charge in [0.2, 0.25) is 0 Å². The van der Waals surface area contributed by atoms with Crippen molar-refractivity contribution in [3.63, 3.8) is 0 Å². The van der Waals surface area contributed by atoms with Crippen LogP contribution in [-0.4, -0.2) is 30.4 Å². The Labute approximate surface area is 62.0 Å². The van der Waals surface area contributed by atoms with Gasteiger partial charge in [0.15, 0.2) is 0 Å². The smallest absolute Gasteiger partial charge is 0.0253 e. The minimum absolute atomic E-state index is 0.920. The summed E-state index contributed by atoms with van der Waals surface area (Å²) in [5.74, 6) is 2.30. The fourth-order valence-electron chi connectivity index (χ4n) is 1.32. The molecule has 0 aromatic heterocycles. The highest BCUT2D eigenvalue weighted by Crippen LogP contribution is 2.07. The van der Waals surface area contributed by atoms with Crippen molar-refractivity contribution >= 4 is 5.87 Å². The van der Waals surface area contributed by atoms with Crippen molar-refractivity contribution in [1.82, 2.24) is 4.90 Å². The van der Waals surface area contributed by atoms with E-state index in [0.717, 1.165) is 6.54 Å². The van der Waals surface area contributed by atoms with Gasteiger partial charge in [-0.15, -0.1) is 0 Å². The molecular formula is C8H14N2. The zero-order valence-corrected chi connectivity index (χ0v) is 6.27. The lowest BCUT2D eigenvalue weighted by atomic mass is 10.1. The van der Waals surface area contributed by atoms with Gasteiger partial charge in [-0.2, -0.15) is 0 Å². The van der Waals surface area contributed by atoms with Crippen LogP contribution in [0.5, 0.6) is 0 Å². The first kappa shape index (κ1) is 7.52. The molecule has 0 aromatic rings. The predicted octanol–water partition coefficient (Wildman–Crippen LogP) is 1.28. The van der Waals surface area contributed by atoms with Gasteiger partial charge < -0.3 is 0 Å². The Balaban J connectivity index is 2.19. The lowest BCUT2D eigenvalue weighted by Crippen LogP contribution is -2.29. The first-order chi connectivity index (χ1) is 4.93. The second kappa shape index (κ2) is 4.26. The Hall–Kier alpha value is -0.590. The number of hydrogen-bond acceptors (Lipinski definition) is 2. The van der Waals surface area contributed by atoms with E-state index >= 15 is 0 Å². The molecule has 1 heterocycles. The number of likely N-dealkylation sites (tertiary alicyclic amines) is 1. The molecule has 2 nitrogen and oxygen atoms in total. The second-order valence-electron chi connectivity index (χ2n) is 2.71. The molecule has 0 bridgehead atoms. The molecule has 10 heavy (non-hydrogen) atoms. The highest BCUT2D eigenvalue weighted by molar-refractivity contribution is 5.47. The maximum absolute atomic E-state index is 6.69. The molecule has 0 amide bonds. The number of nitrogens with one attached hydrogen (secondary N) is 1. The molecule has 1 N–H and O–H groups in total. The maximum Gasteiger partial charge on any atom is 0.0253 e. The van der Waals surface area contributed by atoms with Gasteiger partial charge in [-0.25, -0.2) is 0 Å². The number of hydrogen-bond donors (Lipinski definition) is 1. The van der Waals surface area contributed by atoms with E-state index in [9.17, 15) is 0 Å². The van der Waals surface area contributed by atoms with E-state index in [2.05, 4.69) is 10.8 Å². The zero-order valence-electron chi connectivity index (χ0n) is 6.27. The zero-order chi connectivity index (χ0) is 7.23. The van der Waals surface area contributed by atoms with Crippen molar-refractivity contribution in [1.29, 1.82) is 5.41 Å². The van der Waals surface area contributed by atoms with Gasteiger partial charge in [-0.05, 0) is 37.9 Å². The first-order valence-corrected chi connectivity index (χ1v) is 3.90. The fourth-order valence-corrected chi connectivity index (χ4v) is 1.32. The quantitative estimate of drug-likeness (QED) is 0.572. The van der Waals surface area contributed by atoms with Crippen LogP contribution in [-0.2, 0) is 0 Å². The molecule has 1 aliphatic heterocycles. The standard InChI is InChI=1S/C8H14N2/c9-5-4-8-10-6-2-1-3-7-10/h4,9H,1-3,6-8H2. The molecule has 0 aromatic carbocycles. The van der Waals surface area contributed by atoms with Crippen LogP contribution in [0, 0.1) is 5.41 Å². The summed E-state index contributed by atoms with van der Waals surface area (Å²) in [6, 6.07) is 0. The molecule has 1 saturated heterocycles. The molecule has 1 aliphatic rings. The average molecular weight is 138 g/mol. The van der Waals surface area contributed by atoms with Crippen molar-refractivity contribution in [2.75, 3.05) is 19.6 Å². The topological polar surface area (TPSA) is 27.1 Å². The van der Waals surface area contributed by atoms with Crippen LogP contribution in [0.15, 0.2) is 6.08 Å². The third-order valence-electron chi connectivity index (χ3n) is 1.90. The molecule has 0 saturated carbocycles. The number of rotatable bonds is 2. The Morgan fingerprint density at radius 2 is 2.00 bits per heavy atom. The average Bonchev–Trinajstić information content (AvgIpc) is 2.03. The summed E-state index contributed by atoms with van der Waals surface area (Å²) in [5, 5.41) is 6.69. The second-order valence-corrected chi connectivity index (χ2v) is 2.71. The lowest BCUT2D eigenvalue weighted by molar-refractivity contribution is 0.252. The third-order valence-corrected chi connectivity index (χ3v) is 1.90. The van der Waals surface area contributed by atoms with Crippen LogP contribution in [0.1, 0.15) is 19.3 Å². The van der Waals surface area contributed by atoms with E-state index in [1.54, 1.807) is 6.08 Å². The van der Waals surface area contributed by atoms with E-state index in [1.807, 2.05) is 0 Å². The summed E-state index contributed by atoms with van der Waals surface area (Å²) in [5.41, 5.74) is 0. The van der Waals surface area contributed by atoms with E-state index in [-0.39, 0.29) is 0 Å². The van der Waals surface area contributed by atoms with Gasteiger partial charge in [-0.3, -0.25) is 10.3 Å². The van der Waals surface area contributed by atoms with Crippen LogP contribution in [0.25, 0.3) is 0 Å². The first-order valence-electron chi connectivity index (χ1n) is 3.90. The summed E-state index contributed by atoms with van der Waals surface area (Å²) in [6.07, 6.45) is 5.81. The SMILES string of the molecule is N=C=CCN1CCCCC1. The highest BCUT2D eigenvalue weighted by Gasteiger charge is 2.06. The van der Waals surface area contributed by atoms with Crippen LogP contribution in [0.4, 0.5) is 0 Å². The molecule has 0 spiro atoms. The molecule has 0 atom stereocenters. The van der Waals surface area contributed by atoms with Crippen LogP contribution >= 0.6 is 0 Å². The molecule has 1 fully saturated rings. The molecule has 2 heteroatoms. The highest BCUT2D eigenvalue weighted by atomic mass is 15.1. The summed E-state index contributed by atoms with van der Waals surface area (Å²) in [7, 11) is 0. The normalized spacial score (nSPS) is 20.0. The van der Waals surface area contributed by atoms with E-state index in [4.69, 9.17) is 5.41 Å². The van der Waals surface area contributed by atoms with Crippen LogP contribution in [0.2, 0.25) is 0 Å². The Kier molecular flexibility index (Phi) is 3.20. The summed E-state index contributed by atoms with van der Waals surface area (Å²) in [6.45, 7) is 3.33. The van der Waals surface area contributed by atoms with E-state index in [0.29, 0.717) is 0 Å². The molecule has 0 aliphatic carbocycles. The monoisotopic (exact) mass is 138 g/mol. The van der Waals surface area contributed by atoms with Gasteiger partial charge in [0.05, 0.1) is 0 Å². The predicted molar refractivity (Wildman–Crippen MR) is 42.6 cm³/mol. The fraction of sp³-hybridized carbons (Fsp3) is 0.750. The van der Waals surface area contributed by atoms with Crippen LogP contribution < -0.4 is 0 Å². The van der Waals surface area contributed by atoms with Crippen molar-refractivity contribution < 1.29 is 0 Å².